The molecule has 6 nitrogen and oxygen atoms in total. The number of hydrogen-bond acceptors (Lipinski definition) is 4. The molecule has 1 amide bonds. The van der Waals surface area contributed by atoms with Gasteiger partial charge in [-0.2, -0.15) is 5.10 Å². The van der Waals surface area contributed by atoms with Crippen LogP contribution in [-0.4, -0.2) is 40.1 Å². The van der Waals surface area contributed by atoms with Crippen molar-refractivity contribution in [2.45, 2.75) is 19.5 Å². The van der Waals surface area contributed by atoms with Gasteiger partial charge in [0, 0.05) is 5.56 Å². The van der Waals surface area contributed by atoms with E-state index >= 15 is 0 Å². The summed E-state index contributed by atoms with van der Waals surface area (Å²) in [6, 6.07) is 5.56. The van der Waals surface area contributed by atoms with E-state index in [9.17, 15) is 9.18 Å². The highest BCUT2D eigenvalue weighted by atomic mass is 19.1. The number of aryl methyl sites for hydroxylation is 1. The van der Waals surface area contributed by atoms with Gasteiger partial charge < -0.3 is 5.32 Å². The van der Waals surface area contributed by atoms with Crippen LogP contribution in [0.15, 0.2) is 24.3 Å². The lowest BCUT2D eigenvalue weighted by Gasteiger charge is -2.23. The van der Waals surface area contributed by atoms with Crippen LogP contribution in [-0.2, 0) is 11.3 Å². The van der Waals surface area contributed by atoms with E-state index < -0.39 is 11.9 Å². The van der Waals surface area contributed by atoms with Crippen LogP contribution >= 0.6 is 0 Å². The van der Waals surface area contributed by atoms with Crippen molar-refractivity contribution >= 4 is 5.91 Å². The van der Waals surface area contributed by atoms with Crippen molar-refractivity contribution in [1.29, 1.82) is 0 Å². The minimum absolute atomic E-state index is 0.196. The van der Waals surface area contributed by atoms with Gasteiger partial charge in [0.25, 0.3) is 0 Å². The van der Waals surface area contributed by atoms with E-state index in [0.717, 1.165) is 0 Å². The Morgan fingerprint density at radius 2 is 2.14 bits per heavy atom. The molecular weight excluding hydrogens is 273 g/mol. The first-order valence-corrected chi connectivity index (χ1v) is 6.55. The Hall–Kier alpha value is -2.28. The van der Waals surface area contributed by atoms with Crippen molar-refractivity contribution in [3.63, 3.8) is 0 Å². The molecule has 2 N–H and O–H groups in total. The minimum Gasteiger partial charge on any atom is -0.347 e. The zero-order valence-corrected chi connectivity index (χ0v) is 12.2. The second-order valence-electron chi connectivity index (χ2n) is 4.94. The fourth-order valence-electron chi connectivity index (χ4n) is 2.08. The molecule has 1 aromatic heterocycles. The number of aromatic nitrogens is 3. The zero-order chi connectivity index (χ0) is 15.4. The number of aromatic amines is 1. The Morgan fingerprint density at radius 3 is 2.71 bits per heavy atom. The Bertz CT molecular complexity index is 625. The average Bonchev–Trinajstić information content (AvgIpc) is 2.84. The predicted molar refractivity (Wildman–Crippen MR) is 75.8 cm³/mol. The van der Waals surface area contributed by atoms with Crippen LogP contribution in [0.3, 0.4) is 0 Å². The molecule has 0 spiro atoms. The van der Waals surface area contributed by atoms with E-state index in [0.29, 0.717) is 17.2 Å². The van der Waals surface area contributed by atoms with Crippen molar-refractivity contribution in [2.75, 3.05) is 14.1 Å². The molecule has 0 saturated heterocycles. The summed E-state index contributed by atoms with van der Waals surface area (Å²) in [5.74, 6) is 0.469. The number of amides is 1. The van der Waals surface area contributed by atoms with Gasteiger partial charge in [0.1, 0.15) is 17.7 Å². The molecule has 0 aliphatic rings. The summed E-state index contributed by atoms with van der Waals surface area (Å²) >= 11 is 0. The number of nitrogens with zero attached hydrogens (tertiary/aromatic N) is 3. The lowest BCUT2D eigenvalue weighted by Crippen LogP contribution is -2.37. The normalized spacial score (nSPS) is 12.4. The summed E-state index contributed by atoms with van der Waals surface area (Å²) in [4.78, 5) is 18.1. The number of rotatable bonds is 5. The van der Waals surface area contributed by atoms with Gasteiger partial charge in [0.15, 0.2) is 5.82 Å². The summed E-state index contributed by atoms with van der Waals surface area (Å²) in [7, 11) is 3.46. The van der Waals surface area contributed by atoms with Gasteiger partial charge in [0.05, 0.1) is 6.54 Å². The van der Waals surface area contributed by atoms with Crippen LogP contribution < -0.4 is 5.32 Å². The van der Waals surface area contributed by atoms with Crippen molar-refractivity contribution in [2.24, 2.45) is 0 Å². The van der Waals surface area contributed by atoms with Gasteiger partial charge in [-0.3, -0.25) is 14.8 Å². The van der Waals surface area contributed by atoms with Crippen LogP contribution in [0.1, 0.15) is 23.3 Å². The second kappa shape index (κ2) is 6.45. The molecule has 112 valence electrons. The van der Waals surface area contributed by atoms with Gasteiger partial charge in [-0.15, -0.1) is 0 Å². The topological polar surface area (TPSA) is 73.9 Å². The fraction of sp³-hybridized carbons (Fsp3) is 0.357. The Kier molecular flexibility index (Phi) is 4.64. The molecule has 1 heterocycles. The third kappa shape index (κ3) is 3.63. The smallest absolute Gasteiger partial charge is 0.242 e. The molecular formula is C14H18FN5O. The standard InChI is InChI=1S/C14H18FN5O/c1-9-17-12(19-18-9)8-16-14(21)13(20(2)3)10-6-4-5-7-11(10)15/h4-7,13H,8H2,1-3H3,(H,16,21)(H,17,18,19)/t13-/m1/s1. The molecule has 21 heavy (non-hydrogen) atoms. The minimum atomic E-state index is -0.703. The highest BCUT2D eigenvalue weighted by Gasteiger charge is 2.25. The first kappa shape index (κ1) is 15.1. The number of carbonyl (C=O) groups excluding carboxylic acids is 1. The first-order valence-electron chi connectivity index (χ1n) is 6.55. The fourth-order valence-corrected chi connectivity index (χ4v) is 2.08. The van der Waals surface area contributed by atoms with Gasteiger partial charge >= 0.3 is 0 Å². The van der Waals surface area contributed by atoms with E-state index in [-0.39, 0.29) is 12.5 Å². The monoisotopic (exact) mass is 291 g/mol. The Balaban J connectivity index is 2.11. The Morgan fingerprint density at radius 1 is 1.43 bits per heavy atom. The maximum Gasteiger partial charge on any atom is 0.242 e. The number of nitrogens with one attached hydrogen (secondary N) is 2. The molecule has 0 fully saturated rings. The van der Waals surface area contributed by atoms with Crippen LogP contribution in [0.2, 0.25) is 0 Å². The van der Waals surface area contributed by atoms with Gasteiger partial charge in [0.2, 0.25) is 5.91 Å². The Labute approximate surface area is 122 Å². The van der Waals surface area contributed by atoms with E-state index in [2.05, 4.69) is 20.5 Å². The number of benzene rings is 1. The lowest BCUT2D eigenvalue weighted by molar-refractivity contribution is -0.126. The number of H-pyrrole nitrogens is 1. The third-order valence-electron chi connectivity index (χ3n) is 3.03. The third-order valence-corrected chi connectivity index (χ3v) is 3.03. The summed E-state index contributed by atoms with van der Waals surface area (Å²) < 4.78 is 13.9. The number of carbonyl (C=O) groups is 1. The maximum atomic E-state index is 13.9. The molecule has 0 saturated carbocycles. The van der Waals surface area contributed by atoms with E-state index in [1.807, 2.05) is 0 Å². The highest BCUT2D eigenvalue weighted by Crippen LogP contribution is 2.21. The van der Waals surface area contributed by atoms with Crippen LogP contribution in [0.25, 0.3) is 0 Å². The van der Waals surface area contributed by atoms with Crippen molar-refractivity contribution < 1.29 is 9.18 Å². The number of hydrogen-bond donors (Lipinski definition) is 2. The number of halogens is 1. The summed E-state index contributed by atoms with van der Waals surface area (Å²) in [6.45, 7) is 1.97. The van der Waals surface area contributed by atoms with Gasteiger partial charge in [-0.1, -0.05) is 18.2 Å². The first-order chi connectivity index (χ1) is 9.99. The zero-order valence-electron chi connectivity index (χ0n) is 12.2. The SMILES string of the molecule is Cc1nc(CNC(=O)[C@@H](c2ccccc2F)N(C)C)n[nH]1. The molecule has 0 unspecified atom stereocenters. The quantitative estimate of drug-likeness (QED) is 0.867. The van der Waals surface area contributed by atoms with Crippen LogP contribution in [0.4, 0.5) is 4.39 Å². The molecule has 7 heteroatoms. The van der Waals surface area contributed by atoms with E-state index in [1.165, 1.54) is 6.07 Å². The highest BCUT2D eigenvalue weighted by molar-refractivity contribution is 5.83. The lowest BCUT2D eigenvalue weighted by atomic mass is 10.0. The molecule has 1 aromatic carbocycles. The summed E-state index contributed by atoms with van der Waals surface area (Å²) in [6.07, 6.45) is 0. The van der Waals surface area contributed by atoms with Crippen molar-refractivity contribution in [3.05, 3.63) is 47.3 Å². The van der Waals surface area contributed by atoms with Crippen molar-refractivity contribution in [1.82, 2.24) is 25.4 Å². The summed E-state index contributed by atoms with van der Waals surface area (Å²) in [5.41, 5.74) is 0.339. The van der Waals surface area contributed by atoms with E-state index in [4.69, 9.17) is 0 Å². The van der Waals surface area contributed by atoms with Gasteiger partial charge in [-0.05, 0) is 27.1 Å². The van der Waals surface area contributed by atoms with Gasteiger partial charge in [-0.25, -0.2) is 9.37 Å². The largest absolute Gasteiger partial charge is 0.347 e. The maximum absolute atomic E-state index is 13.9. The molecule has 1 atom stereocenters. The second-order valence-corrected chi connectivity index (χ2v) is 4.94. The molecule has 0 bridgehead atoms. The molecule has 2 aromatic rings. The van der Waals surface area contributed by atoms with Crippen molar-refractivity contribution in [3.8, 4) is 0 Å². The molecule has 2 rings (SSSR count). The van der Waals surface area contributed by atoms with Crippen LogP contribution in [0, 0.1) is 12.7 Å². The average molecular weight is 291 g/mol. The number of likely N-dealkylation sites (N-methyl/N-ethyl adjacent to an activating group) is 1. The summed E-state index contributed by atoms with van der Waals surface area (Å²) in [5, 5.41) is 9.37. The predicted octanol–water partition coefficient (Wildman–Crippen LogP) is 1.17. The molecule has 0 radical (unpaired) electrons. The molecule has 0 aliphatic heterocycles. The molecule has 0 aliphatic carbocycles. The van der Waals surface area contributed by atoms with E-state index in [1.54, 1.807) is 44.1 Å². The van der Waals surface area contributed by atoms with Crippen LogP contribution in [0.5, 0.6) is 0 Å².